The van der Waals surface area contributed by atoms with Gasteiger partial charge in [-0.05, 0) is 12.1 Å². The van der Waals surface area contributed by atoms with Crippen LogP contribution in [0.25, 0.3) is 0 Å². The average molecular weight is 288 g/mol. The molecule has 3 nitrogen and oxygen atoms in total. The Morgan fingerprint density at radius 3 is 1.89 bits per heavy atom. The van der Waals surface area contributed by atoms with Gasteiger partial charge in [0, 0.05) is 0 Å². The van der Waals surface area contributed by atoms with Crippen molar-refractivity contribution in [3.05, 3.63) is 28.8 Å². The lowest BCUT2D eigenvalue weighted by Gasteiger charge is -2.16. The van der Waals surface area contributed by atoms with Crippen molar-refractivity contribution in [2.24, 2.45) is 0 Å². The van der Waals surface area contributed by atoms with Crippen LogP contribution in [0.1, 0.15) is 21.5 Å². The molecule has 106 valence electrons. The number of methoxy groups -OCH3 is 1. The molecule has 0 aliphatic rings. The van der Waals surface area contributed by atoms with E-state index in [1.54, 1.807) is 0 Å². The second kappa shape index (κ2) is 4.63. The van der Waals surface area contributed by atoms with Gasteiger partial charge in [-0.15, -0.1) is 0 Å². The molecule has 19 heavy (non-hydrogen) atoms. The maximum atomic E-state index is 12.6. The number of carbonyl (C=O) groups excluding carboxylic acids is 1. The van der Waals surface area contributed by atoms with Gasteiger partial charge in [0.1, 0.15) is 5.75 Å². The van der Waals surface area contributed by atoms with Gasteiger partial charge in [0.05, 0.1) is 23.8 Å². The third-order valence-corrected chi connectivity index (χ3v) is 2.15. The van der Waals surface area contributed by atoms with Gasteiger partial charge in [0.15, 0.2) is 0 Å². The number of alkyl halides is 6. The molecule has 0 bridgehead atoms. The number of esters is 1. The highest BCUT2D eigenvalue weighted by Crippen LogP contribution is 2.41. The number of hydrogen-bond acceptors (Lipinski definition) is 3. The number of rotatable bonds is 1. The fourth-order valence-corrected chi connectivity index (χ4v) is 1.33. The Bertz CT molecular complexity index is 503. The highest BCUT2D eigenvalue weighted by Gasteiger charge is 2.41. The number of hydrogen-bond donors (Lipinski definition) is 1. The molecular weight excluding hydrogens is 282 g/mol. The predicted molar refractivity (Wildman–Crippen MR) is 49.5 cm³/mol. The molecule has 1 aromatic carbocycles. The minimum Gasteiger partial charge on any atom is -0.507 e. The summed E-state index contributed by atoms with van der Waals surface area (Å²) < 4.78 is 78.9. The molecule has 0 aromatic heterocycles. The van der Waals surface area contributed by atoms with E-state index in [2.05, 4.69) is 4.74 Å². The van der Waals surface area contributed by atoms with Gasteiger partial charge in [-0.25, -0.2) is 4.79 Å². The highest BCUT2D eigenvalue weighted by molar-refractivity contribution is 5.92. The predicted octanol–water partition coefficient (Wildman–Crippen LogP) is 3.22. The molecule has 0 unspecified atom stereocenters. The minimum atomic E-state index is -5.20. The first-order chi connectivity index (χ1) is 8.48. The molecule has 9 heteroatoms. The number of halogens is 6. The van der Waals surface area contributed by atoms with Gasteiger partial charge < -0.3 is 9.84 Å². The maximum Gasteiger partial charge on any atom is 0.419 e. The summed E-state index contributed by atoms with van der Waals surface area (Å²) in [6.07, 6.45) is -10.4. The molecule has 0 saturated heterocycles. The van der Waals surface area contributed by atoms with E-state index >= 15 is 0 Å². The van der Waals surface area contributed by atoms with Crippen LogP contribution in [-0.2, 0) is 17.1 Å². The molecular formula is C10H6F6O3. The summed E-state index contributed by atoms with van der Waals surface area (Å²) in [5, 5.41) is 9.07. The molecule has 0 radical (unpaired) electrons. The van der Waals surface area contributed by atoms with Gasteiger partial charge in [-0.3, -0.25) is 0 Å². The van der Waals surface area contributed by atoms with Crippen LogP contribution in [0.2, 0.25) is 0 Å². The Morgan fingerprint density at radius 1 is 1.05 bits per heavy atom. The topological polar surface area (TPSA) is 46.5 Å². The van der Waals surface area contributed by atoms with Crippen LogP contribution < -0.4 is 0 Å². The molecule has 0 aliphatic heterocycles. The van der Waals surface area contributed by atoms with E-state index in [4.69, 9.17) is 5.11 Å². The summed E-state index contributed by atoms with van der Waals surface area (Å²) in [6, 6.07) is -0.251. The van der Waals surface area contributed by atoms with Gasteiger partial charge >= 0.3 is 18.3 Å². The molecule has 1 aromatic rings. The normalized spacial score (nSPS) is 12.4. The molecule has 0 atom stereocenters. The Balaban J connectivity index is 3.60. The number of aromatic hydroxyl groups is 1. The lowest BCUT2D eigenvalue weighted by Crippen LogP contribution is -2.17. The van der Waals surface area contributed by atoms with Crippen molar-refractivity contribution in [3.63, 3.8) is 0 Å². The van der Waals surface area contributed by atoms with Crippen molar-refractivity contribution in [1.82, 2.24) is 0 Å². The molecule has 0 fully saturated rings. The first-order valence-corrected chi connectivity index (χ1v) is 4.58. The number of carbonyl (C=O) groups is 1. The van der Waals surface area contributed by atoms with Gasteiger partial charge in [-0.2, -0.15) is 26.3 Å². The fourth-order valence-electron chi connectivity index (χ4n) is 1.33. The monoisotopic (exact) mass is 288 g/mol. The zero-order valence-electron chi connectivity index (χ0n) is 9.19. The van der Waals surface area contributed by atoms with Crippen molar-refractivity contribution in [1.29, 1.82) is 0 Å². The van der Waals surface area contributed by atoms with Crippen LogP contribution in [0, 0.1) is 0 Å². The van der Waals surface area contributed by atoms with Crippen molar-refractivity contribution in [2.75, 3.05) is 7.11 Å². The first kappa shape index (κ1) is 15.1. The van der Waals surface area contributed by atoms with E-state index in [0.29, 0.717) is 0 Å². The molecule has 1 rings (SSSR count). The van der Waals surface area contributed by atoms with Crippen molar-refractivity contribution < 1.29 is 41.0 Å². The summed E-state index contributed by atoms with van der Waals surface area (Å²) >= 11 is 0. The Kier molecular flexibility index (Phi) is 3.69. The number of ether oxygens (including phenoxy) is 1. The van der Waals surface area contributed by atoms with Crippen LogP contribution in [0.5, 0.6) is 5.75 Å². The third-order valence-electron chi connectivity index (χ3n) is 2.15. The van der Waals surface area contributed by atoms with Crippen LogP contribution in [0.15, 0.2) is 12.1 Å². The Hall–Kier alpha value is -1.93. The van der Waals surface area contributed by atoms with Crippen LogP contribution in [-0.4, -0.2) is 18.2 Å². The smallest absolute Gasteiger partial charge is 0.419 e. The molecule has 0 aliphatic carbocycles. The summed E-state index contributed by atoms with van der Waals surface area (Å²) in [4.78, 5) is 11.1. The molecule has 0 heterocycles. The molecule has 0 amide bonds. The maximum absolute atomic E-state index is 12.6. The summed E-state index contributed by atoms with van der Waals surface area (Å²) in [5.74, 6) is -2.99. The van der Waals surface area contributed by atoms with E-state index < -0.39 is 40.8 Å². The van der Waals surface area contributed by atoms with E-state index in [0.717, 1.165) is 7.11 Å². The summed E-state index contributed by atoms with van der Waals surface area (Å²) in [7, 11) is 0.761. The third kappa shape index (κ3) is 3.09. The standard InChI is InChI=1S/C10H6F6O3/c1-19-8(18)4-2-7(17)6(10(14,15)16)3-5(4)9(11,12)13/h2-3,17H,1H3. The van der Waals surface area contributed by atoms with Crippen LogP contribution in [0.4, 0.5) is 26.3 Å². The van der Waals surface area contributed by atoms with Crippen LogP contribution in [0.3, 0.4) is 0 Å². The quantitative estimate of drug-likeness (QED) is 0.637. The summed E-state index contributed by atoms with van der Waals surface area (Å²) in [5.41, 5.74) is -4.91. The Morgan fingerprint density at radius 2 is 1.53 bits per heavy atom. The summed E-state index contributed by atoms with van der Waals surface area (Å²) in [6.45, 7) is 0. The van der Waals surface area contributed by atoms with Crippen molar-refractivity contribution in [3.8, 4) is 5.75 Å². The first-order valence-electron chi connectivity index (χ1n) is 4.58. The zero-order valence-corrected chi connectivity index (χ0v) is 9.19. The van der Waals surface area contributed by atoms with Gasteiger partial charge in [-0.1, -0.05) is 0 Å². The zero-order chi connectivity index (χ0) is 15.0. The van der Waals surface area contributed by atoms with Gasteiger partial charge in [0.25, 0.3) is 0 Å². The van der Waals surface area contributed by atoms with E-state index in [1.807, 2.05) is 0 Å². The van der Waals surface area contributed by atoms with Gasteiger partial charge in [0.2, 0.25) is 0 Å². The number of benzene rings is 1. The molecule has 0 saturated carbocycles. The SMILES string of the molecule is COC(=O)c1cc(O)c(C(F)(F)F)cc1C(F)(F)F. The second-order valence-corrected chi connectivity index (χ2v) is 3.40. The largest absolute Gasteiger partial charge is 0.507 e. The second-order valence-electron chi connectivity index (χ2n) is 3.40. The minimum absolute atomic E-state index is 0.0808. The van der Waals surface area contributed by atoms with Crippen molar-refractivity contribution >= 4 is 5.97 Å². The van der Waals surface area contributed by atoms with E-state index in [1.165, 1.54) is 0 Å². The van der Waals surface area contributed by atoms with Crippen molar-refractivity contribution in [2.45, 2.75) is 12.4 Å². The average Bonchev–Trinajstić information content (AvgIpc) is 2.24. The molecule has 1 N–H and O–H groups in total. The highest BCUT2D eigenvalue weighted by atomic mass is 19.4. The Labute approximate surface area is 102 Å². The number of phenolic OH excluding ortho intramolecular Hbond substituents is 1. The number of phenols is 1. The lowest BCUT2D eigenvalue weighted by atomic mass is 10.0. The van der Waals surface area contributed by atoms with Crippen LogP contribution >= 0.6 is 0 Å². The lowest BCUT2D eigenvalue weighted by molar-refractivity contribution is -0.144. The molecule has 0 spiro atoms. The van der Waals surface area contributed by atoms with E-state index in [9.17, 15) is 31.1 Å². The fraction of sp³-hybridized carbons (Fsp3) is 0.300. The van der Waals surface area contributed by atoms with E-state index in [-0.39, 0.29) is 12.1 Å².